The Balaban J connectivity index is 0.000000105. The molecule has 8 aliphatic carbocycles. The van der Waals surface area contributed by atoms with Crippen LogP contribution in [0, 0.1) is 82.9 Å². The summed E-state index contributed by atoms with van der Waals surface area (Å²) in [4.78, 5) is 128. The Labute approximate surface area is 749 Å². The summed E-state index contributed by atoms with van der Waals surface area (Å²) in [5.41, 5.74) is 0. The summed E-state index contributed by atoms with van der Waals surface area (Å²) in [6, 6.07) is 33.8. The summed E-state index contributed by atoms with van der Waals surface area (Å²) < 4.78 is 23.8. The Bertz CT molecular complexity index is 5060. The van der Waals surface area contributed by atoms with Crippen molar-refractivity contribution in [3.05, 3.63) is 121 Å². The largest absolute Gasteiger partial charge is 0.353 e. The van der Waals surface area contributed by atoms with Gasteiger partial charge in [-0.15, -0.1) is 0 Å². The van der Waals surface area contributed by atoms with Gasteiger partial charge in [0.15, 0.2) is 0 Å². The summed E-state index contributed by atoms with van der Waals surface area (Å²) in [5, 5.41) is 5.04. The third-order valence-corrected chi connectivity index (χ3v) is 34.5. The first-order chi connectivity index (χ1) is 61.3. The first-order valence-electron chi connectivity index (χ1n) is 47.4. The van der Waals surface area contributed by atoms with E-state index in [9.17, 15) is 38.4 Å². The van der Waals surface area contributed by atoms with Crippen LogP contribution in [0.15, 0.2) is 121 Å². The van der Waals surface area contributed by atoms with Gasteiger partial charge < -0.3 is 19.6 Å². The predicted octanol–water partition coefficient (Wildman–Crippen LogP) is 13.4. The fourth-order valence-corrected chi connectivity index (χ4v) is 27.5. The standard InChI is InChI=1S/C27H30N4O2S.C24H30N4O2S.2C23H30N4O2S/c32-26-23-19-9-10-20(18-8-7-17(18)19)24(23)27(33)31(26)12-4-3-11-29-13-15-30(16-14-29)25-21-5-1-2-6-22(21)34-28-25;29-23-20-16-7-8-17(15-16)21(20)24(30)28(23)10-4-3-9-26-11-13-27(14-12-26)22-18-5-1-2-6-19(18)31-25-22;2*28-22-17-7-1-2-8-18(17)23(29)27(22)12-6-5-11-25-13-15-26(16-14-25)21-19-9-3-4-10-20(19)30-24-21/h1-2,5-10,17-20,23-24H,3-4,11-16H2;1-2,5-6,16-17,20-21H,3-4,7-15H2;2*3-4,9-10,17-18H,1-2,5-8,11-16H2/t17-,18+,19?,20?,23-,24+;16-,17+,20-,21+;17-,18+;. The van der Waals surface area contributed by atoms with Gasteiger partial charge in [-0.25, -0.2) is 0 Å². The molecular formula is C97H120N16O8S4. The molecule has 13 fully saturated rings. The molecule has 8 aliphatic heterocycles. The van der Waals surface area contributed by atoms with E-state index in [0.29, 0.717) is 49.9 Å². The van der Waals surface area contributed by atoms with Crippen LogP contribution >= 0.6 is 46.1 Å². The number of piperazine rings is 4. The third kappa shape index (κ3) is 16.9. The minimum absolute atomic E-state index is 0.0128. The van der Waals surface area contributed by atoms with Gasteiger partial charge >= 0.3 is 0 Å². The second-order valence-corrected chi connectivity index (χ2v) is 41.2. The third-order valence-electron chi connectivity index (χ3n) is 31.2. The zero-order valence-corrected chi connectivity index (χ0v) is 75.4. The lowest BCUT2D eigenvalue weighted by molar-refractivity contribution is -0.142. The summed E-state index contributed by atoms with van der Waals surface area (Å²) >= 11 is 6.32. The van der Waals surface area contributed by atoms with E-state index in [-0.39, 0.29) is 106 Å². The highest BCUT2D eigenvalue weighted by molar-refractivity contribution is 7.14. The predicted molar refractivity (Wildman–Crippen MR) is 495 cm³/mol. The molecule has 0 spiro atoms. The molecule has 660 valence electrons. The number of nitrogens with zero attached hydrogens (tertiary/aromatic N) is 16. The first kappa shape index (κ1) is 84.7. The van der Waals surface area contributed by atoms with Crippen LogP contribution in [0.3, 0.4) is 0 Å². The van der Waals surface area contributed by atoms with Crippen LogP contribution in [0.4, 0.5) is 23.3 Å². The maximum Gasteiger partial charge on any atom is 0.233 e. The Hall–Kier alpha value is -8.48. The van der Waals surface area contributed by atoms with Crippen LogP contribution in [0.2, 0.25) is 0 Å². The molecule has 24 nitrogen and oxygen atoms in total. The van der Waals surface area contributed by atoms with E-state index in [1.165, 1.54) is 40.3 Å². The van der Waals surface area contributed by atoms with Crippen LogP contribution in [0.1, 0.15) is 122 Å². The Kier molecular flexibility index (Phi) is 25.5. The Morgan fingerprint density at radius 2 is 0.488 bits per heavy atom. The number of amides is 8. The van der Waals surface area contributed by atoms with E-state index in [4.69, 9.17) is 8.75 Å². The number of hydrogen-bond donors (Lipinski definition) is 0. The van der Waals surface area contributed by atoms with Gasteiger partial charge in [-0.05, 0) is 253 Å². The maximum atomic E-state index is 13.2. The lowest BCUT2D eigenvalue weighted by Crippen LogP contribution is -2.50. The van der Waals surface area contributed by atoms with E-state index >= 15 is 0 Å². The topological polar surface area (TPSA) is 227 Å². The SMILES string of the molecule is O=C1C2CCCCC2C(=O)N1CCCCN1CCN(c2nsc3ccccc23)CC1.O=C1[C@@H]2C3C=CC([C@H]4C=C[C@@H]34)[C@@H]2C(=O)N1CCCCN1CCN(c2nsc3ccccc23)CC1.O=C1[C@@H]2[C@@H]3CC[C@@H](C3)[C@@H]2C(=O)N1CCCCN1CCN(c2nsc3ccccc23)CC1.O=C1[C@H]2CCCC[C@H]2C(=O)N1CCCCN1CCN(c2nsc3ccccc23)CC1. The average molecular weight is 1770 g/mol. The number of hydrogen-bond acceptors (Lipinski definition) is 24. The molecule has 4 unspecified atom stereocenters. The van der Waals surface area contributed by atoms with E-state index in [1.807, 2.05) is 0 Å². The molecule has 8 saturated heterocycles. The van der Waals surface area contributed by atoms with Crippen molar-refractivity contribution in [3.63, 3.8) is 0 Å². The van der Waals surface area contributed by atoms with Crippen LogP contribution in [0.5, 0.6) is 0 Å². The van der Waals surface area contributed by atoms with Crippen LogP contribution in [-0.2, 0) is 38.4 Å². The highest BCUT2D eigenvalue weighted by Gasteiger charge is 2.63. The van der Waals surface area contributed by atoms with Crippen molar-refractivity contribution in [2.45, 2.75) is 122 Å². The van der Waals surface area contributed by atoms with E-state index in [0.717, 1.165) is 276 Å². The molecule has 4 aromatic carbocycles. The second kappa shape index (κ2) is 37.7. The van der Waals surface area contributed by atoms with Gasteiger partial charge in [0, 0.05) is 152 Å². The van der Waals surface area contributed by atoms with E-state index in [1.54, 1.807) is 65.7 Å². The fraction of sp³-hybridized carbons (Fsp3) is 0.588. The van der Waals surface area contributed by atoms with Gasteiger partial charge in [-0.1, -0.05) is 98.5 Å². The molecule has 5 saturated carbocycles. The fourth-order valence-electron chi connectivity index (χ4n) is 24.3. The number of imide groups is 4. The molecule has 125 heavy (non-hydrogen) atoms. The second-order valence-electron chi connectivity index (χ2n) is 38.0. The van der Waals surface area contributed by atoms with E-state index in [2.05, 4.69) is 169 Å². The van der Waals surface area contributed by atoms with Gasteiger partial charge in [0.05, 0.1) is 66.1 Å². The lowest BCUT2D eigenvalue weighted by atomic mass is 9.50. The van der Waals surface area contributed by atoms with Crippen molar-refractivity contribution < 1.29 is 38.4 Å². The summed E-state index contributed by atoms with van der Waals surface area (Å²) in [5.74, 6) is 7.61. The number of rotatable bonds is 24. The summed E-state index contributed by atoms with van der Waals surface area (Å²) in [7, 11) is 0. The smallest absolute Gasteiger partial charge is 0.233 e. The number of anilines is 4. The number of fused-ring (bicyclic) bond motifs is 11. The number of benzene rings is 4. The van der Waals surface area contributed by atoms with Crippen molar-refractivity contribution in [1.29, 1.82) is 0 Å². The molecule has 16 aliphatic rings. The molecule has 0 radical (unpaired) electrons. The van der Waals surface area contributed by atoms with Gasteiger partial charge in [0.25, 0.3) is 0 Å². The Morgan fingerprint density at radius 1 is 0.256 bits per heavy atom. The number of carbonyl (C=O) groups excluding carboxylic acids is 8. The summed E-state index contributed by atoms with van der Waals surface area (Å²) in [6.07, 6.45) is 28.1. The highest BCUT2D eigenvalue weighted by Crippen LogP contribution is 2.59. The van der Waals surface area contributed by atoms with Crippen molar-refractivity contribution >= 4 is 157 Å². The highest BCUT2D eigenvalue weighted by atomic mass is 32.1. The van der Waals surface area contributed by atoms with Crippen molar-refractivity contribution in [1.82, 2.24) is 56.7 Å². The average Bonchev–Trinajstić information content (AvgIpc) is 1.59. The molecule has 14 atom stereocenters. The molecule has 0 N–H and O–H groups in total. The number of carbonyl (C=O) groups is 8. The quantitative estimate of drug-likeness (QED) is 0.0311. The molecule has 8 amide bonds. The van der Waals surface area contributed by atoms with Crippen LogP contribution in [0.25, 0.3) is 40.3 Å². The zero-order valence-electron chi connectivity index (χ0n) is 72.1. The zero-order chi connectivity index (χ0) is 84.8. The minimum Gasteiger partial charge on any atom is -0.353 e. The van der Waals surface area contributed by atoms with Gasteiger partial charge in [-0.3, -0.25) is 77.6 Å². The monoisotopic (exact) mass is 1760 g/mol. The minimum atomic E-state index is -0.108. The van der Waals surface area contributed by atoms with Gasteiger partial charge in [0.1, 0.15) is 23.3 Å². The van der Waals surface area contributed by atoms with Crippen LogP contribution < -0.4 is 19.6 Å². The number of unbranched alkanes of at least 4 members (excludes halogenated alkanes) is 4. The number of allylic oxidation sites excluding steroid dienone is 4. The molecule has 8 aromatic rings. The summed E-state index contributed by atoms with van der Waals surface area (Å²) in [6.45, 7) is 22.8. The van der Waals surface area contributed by atoms with Gasteiger partial charge in [-0.2, -0.15) is 17.5 Å². The molecule has 4 aromatic heterocycles. The first-order valence-corrected chi connectivity index (χ1v) is 50.5. The molecule has 4 bridgehead atoms. The Morgan fingerprint density at radius 3 is 0.752 bits per heavy atom. The van der Waals surface area contributed by atoms with Crippen molar-refractivity contribution in [3.8, 4) is 0 Å². The lowest BCUT2D eigenvalue weighted by Gasteiger charge is -2.51. The number of aromatic nitrogens is 4. The van der Waals surface area contributed by atoms with Crippen molar-refractivity contribution in [2.75, 3.05) is 177 Å². The molecule has 24 rings (SSSR count). The normalized spacial score (nSPS) is 29.1. The van der Waals surface area contributed by atoms with Crippen LogP contribution in [-0.4, -0.2) is 261 Å². The van der Waals surface area contributed by atoms with Crippen molar-refractivity contribution in [2.24, 2.45) is 82.9 Å². The van der Waals surface area contributed by atoms with Gasteiger partial charge in [0.2, 0.25) is 47.3 Å². The van der Waals surface area contributed by atoms with E-state index < -0.39 is 0 Å². The maximum absolute atomic E-state index is 13.2. The molecule has 12 heterocycles. The molecule has 28 heteroatoms. The molecular weight excluding hydrogens is 1650 g/mol. The number of likely N-dealkylation sites (tertiary alicyclic amines) is 4.